The van der Waals surface area contributed by atoms with Crippen LogP contribution in [0, 0.1) is 0 Å². The molecule has 1 heterocycles. The van der Waals surface area contributed by atoms with Crippen LogP contribution in [-0.2, 0) is 7.05 Å². The molecule has 0 aliphatic rings. The summed E-state index contributed by atoms with van der Waals surface area (Å²) in [7, 11) is 2.07. The molecule has 1 nitrogen and oxygen atoms in total. The van der Waals surface area contributed by atoms with E-state index in [-0.39, 0.29) is 0 Å². The normalized spacial score (nSPS) is 10.8. The van der Waals surface area contributed by atoms with Gasteiger partial charge in [0, 0.05) is 24.1 Å². The maximum atomic E-state index is 2.24. The molecular weight excluding hydrogens is 194 g/mol. The summed E-state index contributed by atoms with van der Waals surface area (Å²) >= 11 is 0. The van der Waals surface area contributed by atoms with Crippen molar-refractivity contribution in [3.8, 4) is 11.1 Å². The number of nitrogens with zero attached hydrogens (tertiary/aromatic N) is 1. The Labute approximate surface area is 95.0 Å². The second-order valence-electron chi connectivity index (χ2n) is 4.07. The summed E-state index contributed by atoms with van der Waals surface area (Å²) in [6, 6.07) is 19.2. The molecule has 78 valence electrons. The molecule has 16 heavy (non-hydrogen) atoms. The van der Waals surface area contributed by atoms with Crippen molar-refractivity contribution in [1.29, 1.82) is 0 Å². The third-order valence-corrected chi connectivity index (χ3v) is 2.99. The molecule has 0 N–H and O–H groups in total. The second-order valence-corrected chi connectivity index (χ2v) is 4.07. The van der Waals surface area contributed by atoms with Crippen molar-refractivity contribution < 1.29 is 0 Å². The van der Waals surface area contributed by atoms with Crippen LogP contribution in [0.15, 0.2) is 60.8 Å². The van der Waals surface area contributed by atoms with E-state index < -0.39 is 0 Å². The monoisotopic (exact) mass is 207 g/mol. The highest BCUT2D eigenvalue weighted by Gasteiger charge is 2.00. The third-order valence-electron chi connectivity index (χ3n) is 2.99. The molecule has 0 saturated carbocycles. The van der Waals surface area contributed by atoms with Crippen LogP contribution < -0.4 is 0 Å². The van der Waals surface area contributed by atoms with E-state index in [1.54, 1.807) is 0 Å². The first-order chi connectivity index (χ1) is 7.84. The molecule has 0 aliphatic heterocycles. The first-order valence-electron chi connectivity index (χ1n) is 5.45. The van der Waals surface area contributed by atoms with Crippen LogP contribution in [0.3, 0.4) is 0 Å². The zero-order valence-corrected chi connectivity index (χ0v) is 9.22. The van der Waals surface area contributed by atoms with Gasteiger partial charge in [-0.15, -0.1) is 0 Å². The molecule has 0 radical (unpaired) electrons. The van der Waals surface area contributed by atoms with E-state index in [1.807, 2.05) is 6.07 Å². The Hall–Kier alpha value is -2.02. The molecule has 2 aromatic carbocycles. The Morgan fingerprint density at radius 2 is 1.62 bits per heavy atom. The van der Waals surface area contributed by atoms with E-state index in [4.69, 9.17) is 0 Å². The van der Waals surface area contributed by atoms with Gasteiger partial charge in [-0.3, -0.25) is 0 Å². The Kier molecular flexibility index (Phi) is 2.03. The van der Waals surface area contributed by atoms with E-state index in [2.05, 4.69) is 66.3 Å². The fourth-order valence-electron chi connectivity index (χ4n) is 2.09. The summed E-state index contributed by atoms with van der Waals surface area (Å²) in [5.41, 5.74) is 3.83. The van der Waals surface area contributed by atoms with Crippen LogP contribution in [0.25, 0.3) is 22.0 Å². The minimum atomic E-state index is 1.27. The molecule has 0 spiro atoms. The number of benzene rings is 2. The Morgan fingerprint density at radius 3 is 2.44 bits per heavy atom. The lowest BCUT2D eigenvalue weighted by molar-refractivity contribution is 0.969. The zero-order chi connectivity index (χ0) is 11.0. The Bertz CT molecular complexity index is 620. The van der Waals surface area contributed by atoms with Gasteiger partial charge in [0.05, 0.1) is 0 Å². The molecule has 1 aromatic heterocycles. The average molecular weight is 207 g/mol. The van der Waals surface area contributed by atoms with Gasteiger partial charge in [0.2, 0.25) is 0 Å². The smallest absolute Gasteiger partial charge is 0.0478 e. The summed E-state index contributed by atoms with van der Waals surface area (Å²) in [4.78, 5) is 0. The minimum Gasteiger partial charge on any atom is -0.351 e. The van der Waals surface area contributed by atoms with Crippen molar-refractivity contribution >= 4 is 10.9 Å². The molecule has 3 aromatic rings. The molecule has 0 aliphatic carbocycles. The van der Waals surface area contributed by atoms with E-state index >= 15 is 0 Å². The molecule has 0 saturated heterocycles. The topological polar surface area (TPSA) is 4.93 Å². The standard InChI is InChI=1S/C15H13N/c1-16-10-9-14-11-13(7-8-15(14)16)12-5-3-2-4-6-12/h2-11H,1H3. The van der Waals surface area contributed by atoms with Crippen molar-refractivity contribution in [3.05, 3.63) is 60.8 Å². The van der Waals surface area contributed by atoms with E-state index in [9.17, 15) is 0 Å². The molecule has 0 bridgehead atoms. The highest BCUT2D eigenvalue weighted by Crippen LogP contribution is 2.24. The van der Waals surface area contributed by atoms with Crippen molar-refractivity contribution in [2.45, 2.75) is 0 Å². The predicted molar refractivity (Wildman–Crippen MR) is 68.4 cm³/mol. The molecule has 3 rings (SSSR count). The number of hydrogen-bond acceptors (Lipinski definition) is 0. The second kappa shape index (κ2) is 3.53. The van der Waals surface area contributed by atoms with Crippen LogP contribution in [0.4, 0.5) is 0 Å². The fourth-order valence-corrected chi connectivity index (χ4v) is 2.09. The van der Waals surface area contributed by atoms with Crippen LogP contribution in [0.1, 0.15) is 0 Å². The summed E-state index contributed by atoms with van der Waals surface area (Å²) in [6.45, 7) is 0. The number of aryl methyl sites for hydroxylation is 1. The number of fused-ring (bicyclic) bond motifs is 1. The van der Waals surface area contributed by atoms with E-state index in [0.29, 0.717) is 0 Å². The predicted octanol–water partition coefficient (Wildman–Crippen LogP) is 3.85. The van der Waals surface area contributed by atoms with Gasteiger partial charge in [-0.05, 0) is 29.3 Å². The van der Waals surface area contributed by atoms with Gasteiger partial charge >= 0.3 is 0 Å². The summed E-state index contributed by atoms with van der Waals surface area (Å²) < 4.78 is 2.14. The van der Waals surface area contributed by atoms with Gasteiger partial charge in [-0.1, -0.05) is 36.4 Å². The summed E-state index contributed by atoms with van der Waals surface area (Å²) in [5.74, 6) is 0. The van der Waals surface area contributed by atoms with E-state index in [0.717, 1.165) is 0 Å². The van der Waals surface area contributed by atoms with Gasteiger partial charge in [0.1, 0.15) is 0 Å². The van der Waals surface area contributed by atoms with Gasteiger partial charge in [-0.25, -0.2) is 0 Å². The van der Waals surface area contributed by atoms with Crippen LogP contribution >= 0.6 is 0 Å². The maximum absolute atomic E-state index is 2.24. The van der Waals surface area contributed by atoms with Crippen molar-refractivity contribution in [2.24, 2.45) is 7.05 Å². The highest BCUT2D eigenvalue weighted by molar-refractivity contribution is 5.85. The number of aromatic nitrogens is 1. The van der Waals surface area contributed by atoms with Gasteiger partial charge in [0.25, 0.3) is 0 Å². The minimum absolute atomic E-state index is 1.27. The molecular formula is C15H13N. The van der Waals surface area contributed by atoms with Gasteiger partial charge in [0.15, 0.2) is 0 Å². The van der Waals surface area contributed by atoms with Crippen LogP contribution in [0.5, 0.6) is 0 Å². The SMILES string of the molecule is Cn1ccc2cc(-c3ccccc3)ccc21. The summed E-state index contributed by atoms with van der Waals surface area (Å²) in [5, 5.41) is 1.30. The molecule has 1 heteroatoms. The lowest BCUT2D eigenvalue weighted by Gasteiger charge is -2.02. The fraction of sp³-hybridized carbons (Fsp3) is 0.0667. The first kappa shape index (κ1) is 9.22. The Morgan fingerprint density at radius 1 is 0.812 bits per heavy atom. The Balaban J connectivity index is 2.19. The van der Waals surface area contributed by atoms with Gasteiger partial charge in [-0.2, -0.15) is 0 Å². The zero-order valence-electron chi connectivity index (χ0n) is 9.22. The highest BCUT2D eigenvalue weighted by atomic mass is 14.9. The lowest BCUT2D eigenvalue weighted by Crippen LogP contribution is -1.83. The van der Waals surface area contributed by atoms with Crippen LogP contribution in [0.2, 0.25) is 0 Å². The number of hydrogen-bond donors (Lipinski definition) is 0. The molecule has 0 fully saturated rings. The lowest BCUT2D eigenvalue weighted by atomic mass is 10.0. The molecule has 0 atom stereocenters. The quantitative estimate of drug-likeness (QED) is 0.571. The number of rotatable bonds is 1. The largest absolute Gasteiger partial charge is 0.351 e. The van der Waals surface area contributed by atoms with Crippen molar-refractivity contribution in [1.82, 2.24) is 4.57 Å². The van der Waals surface area contributed by atoms with Crippen molar-refractivity contribution in [3.63, 3.8) is 0 Å². The summed E-state index contributed by atoms with van der Waals surface area (Å²) in [6.07, 6.45) is 2.10. The van der Waals surface area contributed by atoms with Gasteiger partial charge < -0.3 is 4.57 Å². The molecule has 0 amide bonds. The van der Waals surface area contributed by atoms with Crippen LogP contribution in [-0.4, -0.2) is 4.57 Å². The van der Waals surface area contributed by atoms with E-state index in [1.165, 1.54) is 22.0 Å². The third kappa shape index (κ3) is 1.41. The average Bonchev–Trinajstić information content (AvgIpc) is 2.72. The molecule has 0 unspecified atom stereocenters. The van der Waals surface area contributed by atoms with Crippen molar-refractivity contribution in [2.75, 3.05) is 0 Å². The first-order valence-corrected chi connectivity index (χ1v) is 5.45. The maximum Gasteiger partial charge on any atom is 0.0478 e.